The number of fused-ring (bicyclic) bond motifs is 1. The molecule has 0 aliphatic heterocycles. The largest absolute Gasteiger partial charge is 0.507 e. The van der Waals surface area contributed by atoms with Crippen molar-refractivity contribution in [3.05, 3.63) is 77.9 Å². The van der Waals surface area contributed by atoms with Gasteiger partial charge in [-0.15, -0.1) is 0 Å². The van der Waals surface area contributed by atoms with Gasteiger partial charge >= 0.3 is 5.97 Å². The first kappa shape index (κ1) is 24.5. The molecule has 0 spiro atoms. The number of nitrogens with zero attached hydrogens (tertiary/aromatic N) is 1. The van der Waals surface area contributed by atoms with Crippen LogP contribution in [-0.2, 0) is 9.53 Å². The highest BCUT2D eigenvalue weighted by Crippen LogP contribution is 2.35. The minimum Gasteiger partial charge on any atom is -0.507 e. The number of esters is 1. The van der Waals surface area contributed by atoms with Gasteiger partial charge in [-0.05, 0) is 53.5 Å². The van der Waals surface area contributed by atoms with Crippen LogP contribution in [0.25, 0.3) is 10.8 Å². The number of phenols is 1. The van der Waals surface area contributed by atoms with Gasteiger partial charge < -0.3 is 9.84 Å². The summed E-state index contributed by atoms with van der Waals surface area (Å²) in [6, 6.07) is 19.5. The third kappa shape index (κ3) is 5.70. The molecule has 3 atom stereocenters. The highest BCUT2D eigenvalue weighted by atomic mass is 16.5. The first-order chi connectivity index (χ1) is 16.8. The number of aromatic hydroxyl groups is 1. The van der Waals surface area contributed by atoms with Crippen LogP contribution in [-0.4, -0.2) is 28.8 Å². The van der Waals surface area contributed by atoms with Crippen LogP contribution in [0.3, 0.4) is 0 Å². The van der Waals surface area contributed by atoms with Gasteiger partial charge in [-0.25, -0.2) is 10.2 Å². The van der Waals surface area contributed by atoms with Crippen LogP contribution in [0.15, 0.2) is 71.8 Å². The SMILES string of the molecule is CC(C)[C@@H]1CC[C@@H](C)C[C@@H]1OC(=O)C(=NNC(=O)c1cc2ccccc2cc1O)c1ccccc1. The second kappa shape index (κ2) is 10.7. The van der Waals surface area contributed by atoms with Crippen LogP contribution >= 0.6 is 0 Å². The lowest BCUT2D eigenvalue weighted by molar-refractivity contribution is -0.147. The van der Waals surface area contributed by atoms with E-state index >= 15 is 0 Å². The minimum absolute atomic E-state index is 0.0277. The molecule has 0 radical (unpaired) electrons. The molecular weight excluding hydrogens is 440 g/mol. The number of ether oxygens (including phenoxy) is 1. The van der Waals surface area contributed by atoms with Crippen LogP contribution in [0.2, 0.25) is 0 Å². The van der Waals surface area contributed by atoms with Gasteiger partial charge in [-0.1, -0.05) is 81.8 Å². The summed E-state index contributed by atoms with van der Waals surface area (Å²) in [5, 5.41) is 16.2. The summed E-state index contributed by atoms with van der Waals surface area (Å²) < 4.78 is 6.00. The second-order valence-corrected chi connectivity index (χ2v) is 9.75. The topological polar surface area (TPSA) is 88.0 Å². The molecule has 3 aromatic rings. The molecule has 1 amide bonds. The van der Waals surface area contributed by atoms with Crippen molar-refractivity contribution in [3.8, 4) is 5.75 Å². The van der Waals surface area contributed by atoms with Crippen LogP contribution in [0.5, 0.6) is 5.75 Å². The molecule has 1 fully saturated rings. The van der Waals surface area contributed by atoms with E-state index in [4.69, 9.17) is 4.74 Å². The molecule has 2 N–H and O–H groups in total. The van der Waals surface area contributed by atoms with E-state index in [0.717, 1.165) is 30.0 Å². The number of carbonyl (C=O) groups is 2. The Morgan fingerprint density at radius 2 is 1.66 bits per heavy atom. The molecule has 1 aliphatic carbocycles. The van der Waals surface area contributed by atoms with Crippen LogP contribution < -0.4 is 5.43 Å². The molecule has 1 aliphatic rings. The second-order valence-electron chi connectivity index (χ2n) is 9.75. The first-order valence-corrected chi connectivity index (χ1v) is 12.2. The monoisotopic (exact) mass is 472 g/mol. The van der Waals surface area contributed by atoms with E-state index in [2.05, 4.69) is 31.3 Å². The molecule has 0 bridgehead atoms. The number of rotatable bonds is 6. The number of carbonyl (C=O) groups excluding carboxylic acids is 2. The Morgan fingerprint density at radius 3 is 2.34 bits per heavy atom. The van der Waals surface area contributed by atoms with E-state index in [1.165, 1.54) is 6.07 Å². The Bertz CT molecular complexity index is 1240. The molecule has 0 saturated heterocycles. The lowest BCUT2D eigenvalue weighted by Gasteiger charge is -2.36. The third-order valence-electron chi connectivity index (χ3n) is 6.84. The van der Waals surface area contributed by atoms with Crippen molar-refractivity contribution < 1.29 is 19.4 Å². The highest BCUT2D eigenvalue weighted by Gasteiger charge is 2.34. The summed E-state index contributed by atoms with van der Waals surface area (Å²) in [6.45, 7) is 6.49. The Balaban J connectivity index is 1.59. The average Bonchev–Trinajstić information content (AvgIpc) is 2.84. The molecule has 0 unspecified atom stereocenters. The number of hydrogen-bond donors (Lipinski definition) is 2. The van der Waals surface area contributed by atoms with Crippen molar-refractivity contribution in [2.45, 2.75) is 46.1 Å². The van der Waals surface area contributed by atoms with Crippen molar-refractivity contribution >= 4 is 28.4 Å². The minimum atomic E-state index is -0.610. The maximum Gasteiger partial charge on any atom is 0.359 e. The van der Waals surface area contributed by atoms with Crippen molar-refractivity contribution in [2.24, 2.45) is 22.9 Å². The van der Waals surface area contributed by atoms with E-state index in [9.17, 15) is 14.7 Å². The Kier molecular flexibility index (Phi) is 7.49. The van der Waals surface area contributed by atoms with Crippen molar-refractivity contribution in [3.63, 3.8) is 0 Å². The highest BCUT2D eigenvalue weighted by molar-refractivity contribution is 6.43. The lowest BCUT2D eigenvalue weighted by Crippen LogP contribution is -2.38. The van der Waals surface area contributed by atoms with E-state index in [1.807, 2.05) is 30.3 Å². The fraction of sp³-hybridized carbons (Fsp3) is 0.345. The maximum absolute atomic E-state index is 13.3. The van der Waals surface area contributed by atoms with E-state index in [-0.39, 0.29) is 29.0 Å². The van der Waals surface area contributed by atoms with E-state index in [1.54, 1.807) is 30.3 Å². The lowest BCUT2D eigenvalue weighted by atomic mass is 9.75. The van der Waals surface area contributed by atoms with E-state index in [0.29, 0.717) is 17.4 Å². The van der Waals surface area contributed by atoms with Crippen LogP contribution in [0.1, 0.15) is 56.0 Å². The average molecular weight is 473 g/mol. The fourth-order valence-corrected chi connectivity index (χ4v) is 4.84. The van der Waals surface area contributed by atoms with Crippen molar-refractivity contribution in [1.82, 2.24) is 5.43 Å². The van der Waals surface area contributed by atoms with Gasteiger partial charge in [-0.2, -0.15) is 5.10 Å². The summed E-state index contributed by atoms with van der Waals surface area (Å²) in [4.78, 5) is 26.2. The Morgan fingerprint density at radius 1 is 1.00 bits per heavy atom. The van der Waals surface area contributed by atoms with Gasteiger partial charge in [0.15, 0.2) is 5.71 Å². The summed E-state index contributed by atoms with van der Waals surface area (Å²) in [5.41, 5.74) is 3.10. The molecule has 6 heteroatoms. The number of hydrogen-bond acceptors (Lipinski definition) is 5. The maximum atomic E-state index is 13.3. The molecule has 4 rings (SSSR count). The van der Waals surface area contributed by atoms with Crippen molar-refractivity contribution in [1.29, 1.82) is 0 Å². The van der Waals surface area contributed by atoms with Gasteiger partial charge in [0.05, 0.1) is 5.56 Å². The van der Waals surface area contributed by atoms with Crippen LogP contribution in [0.4, 0.5) is 0 Å². The molecule has 6 nitrogen and oxygen atoms in total. The van der Waals surface area contributed by atoms with Crippen molar-refractivity contribution in [2.75, 3.05) is 0 Å². The molecule has 35 heavy (non-hydrogen) atoms. The third-order valence-corrected chi connectivity index (χ3v) is 6.84. The molecule has 0 heterocycles. The first-order valence-electron chi connectivity index (χ1n) is 12.2. The molecule has 182 valence electrons. The number of amides is 1. The van der Waals surface area contributed by atoms with Gasteiger partial charge in [-0.3, -0.25) is 4.79 Å². The van der Waals surface area contributed by atoms with Gasteiger partial charge in [0, 0.05) is 5.56 Å². The molecule has 3 aromatic carbocycles. The summed E-state index contributed by atoms with van der Waals surface area (Å²) in [7, 11) is 0. The van der Waals surface area contributed by atoms with Gasteiger partial charge in [0.1, 0.15) is 11.9 Å². The predicted molar refractivity (Wildman–Crippen MR) is 137 cm³/mol. The van der Waals surface area contributed by atoms with Gasteiger partial charge in [0.2, 0.25) is 0 Å². The number of hydrazone groups is 1. The quantitative estimate of drug-likeness (QED) is 0.274. The normalized spacial score (nSPS) is 20.6. The molecular formula is C29H32N2O4. The zero-order valence-corrected chi connectivity index (χ0v) is 20.4. The van der Waals surface area contributed by atoms with Crippen LogP contribution in [0, 0.1) is 17.8 Å². The smallest absolute Gasteiger partial charge is 0.359 e. The Labute approximate surface area is 206 Å². The number of nitrogens with one attached hydrogen (secondary N) is 1. The summed E-state index contributed by atoms with van der Waals surface area (Å²) in [6.07, 6.45) is 2.77. The van der Waals surface area contributed by atoms with Gasteiger partial charge in [0.25, 0.3) is 5.91 Å². The zero-order valence-electron chi connectivity index (χ0n) is 20.4. The number of phenolic OH excluding ortho intramolecular Hbond substituents is 1. The predicted octanol–water partition coefficient (Wildman–Crippen LogP) is 5.68. The summed E-state index contributed by atoms with van der Waals surface area (Å²) >= 11 is 0. The zero-order chi connectivity index (χ0) is 24.9. The summed E-state index contributed by atoms with van der Waals surface area (Å²) in [5.74, 6) is -0.166. The Hall–Kier alpha value is -3.67. The fourth-order valence-electron chi connectivity index (χ4n) is 4.84. The van der Waals surface area contributed by atoms with E-state index < -0.39 is 11.9 Å². The molecule has 0 aromatic heterocycles. The number of benzene rings is 3. The molecule has 1 saturated carbocycles. The standard InChI is InChI=1S/C29H32N2O4/c1-18(2)23-14-13-19(3)15-26(23)35-29(34)27(20-9-5-4-6-10-20)30-31-28(33)24-16-21-11-7-8-12-22(21)17-25(24)32/h4-12,16-19,23,26,32H,13-15H2,1-3H3,(H,31,33)/t19-,23+,26+/m1/s1.